The first-order valence-electron chi connectivity index (χ1n) is 13.6. The van der Waals surface area contributed by atoms with Crippen LogP contribution in [-0.2, 0) is 9.59 Å². The molecule has 208 valence electrons. The number of nitrogens with zero attached hydrogens (tertiary/aromatic N) is 4. The number of carbonyl (C=O) groups excluding carboxylic acids is 2. The molecular formula is C32H30N4O4S. The molecule has 41 heavy (non-hydrogen) atoms. The van der Waals surface area contributed by atoms with Crippen LogP contribution < -0.4 is 9.64 Å². The van der Waals surface area contributed by atoms with Gasteiger partial charge in [-0.2, -0.15) is 0 Å². The van der Waals surface area contributed by atoms with Crippen LogP contribution in [0.2, 0.25) is 0 Å². The summed E-state index contributed by atoms with van der Waals surface area (Å²) in [5.74, 6) is -1.13. The molecule has 1 atom stereocenters. The fourth-order valence-corrected chi connectivity index (χ4v) is 6.31. The normalized spacial score (nSPS) is 16.8. The minimum absolute atomic E-state index is 0.0192. The van der Waals surface area contributed by atoms with Gasteiger partial charge in [-0.25, -0.2) is 9.97 Å². The summed E-state index contributed by atoms with van der Waals surface area (Å²) in [7, 11) is 0. The van der Waals surface area contributed by atoms with E-state index in [9.17, 15) is 14.7 Å². The van der Waals surface area contributed by atoms with Crippen LogP contribution in [0.3, 0.4) is 0 Å². The SMILES string of the molecule is CCCCOc1ccc(C2/C(=C(\O)c3nc4c(C)cccn4c3C)C(=O)C(=O)N2c2nc3ccc(C)cc3s2)cc1. The molecule has 3 aromatic heterocycles. The van der Waals surface area contributed by atoms with Crippen LogP contribution in [-0.4, -0.2) is 37.8 Å². The third kappa shape index (κ3) is 4.56. The highest BCUT2D eigenvalue weighted by Crippen LogP contribution is 2.45. The Morgan fingerprint density at radius 2 is 1.83 bits per heavy atom. The highest BCUT2D eigenvalue weighted by molar-refractivity contribution is 7.22. The third-order valence-corrected chi connectivity index (χ3v) is 8.47. The number of hydrogen-bond acceptors (Lipinski definition) is 7. The number of aliphatic hydroxyl groups excluding tert-OH is 1. The number of amides is 1. The average molecular weight is 567 g/mol. The molecule has 1 amide bonds. The standard InChI is InChI=1S/C32H30N4O4S/c1-5-6-16-40-22-12-10-21(11-13-22)27-25(28(37)26-20(4)35-15-7-8-19(3)30(35)34-26)29(38)31(39)36(27)32-33-23-14-9-18(2)17-24(23)41-32/h7-15,17,27,37H,5-6,16H2,1-4H3/b28-25+. The molecule has 1 unspecified atom stereocenters. The van der Waals surface area contributed by atoms with Crippen molar-refractivity contribution in [2.45, 2.75) is 46.6 Å². The Labute approximate surface area is 241 Å². The van der Waals surface area contributed by atoms with E-state index in [2.05, 4.69) is 11.9 Å². The first-order chi connectivity index (χ1) is 19.8. The number of aromatic nitrogens is 3. The van der Waals surface area contributed by atoms with E-state index >= 15 is 0 Å². The van der Waals surface area contributed by atoms with Crippen LogP contribution in [0.15, 0.2) is 66.4 Å². The predicted octanol–water partition coefficient (Wildman–Crippen LogP) is 6.67. The van der Waals surface area contributed by atoms with Crippen molar-refractivity contribution >= 4 is 49.8 Å². The van der Waals surface area contributed by atoms with Gasteiger partial charge in [0, 0.05) is 6.20 Å². The van der Waals surface area contributed by atoms with Crippen molar-refractivity contribution in [2.75, 3.05) is 11.5 Å². The molecule has 9 heteroatoms. The Kier molecular flexibility index (Phi) is 6.83. The largest absolute Gasteiger partial charge is 0.505 e. The lowest BCUT2D eigenvalue weighted by molar-refractivity contribution is -0.132. The van der Waals surface area contributed by atoms with Gasteiger partial charge >= 0.3 is 5.91 Å². The van der Waals surface area contributed by atoms with Gasteiger partial charge in [-0.1, -0.05) is 48.9 Å². The Morgan fingerprint density at radius 3 is 2.56 bits per heavy atom. The third-order valence-electron chi connectivity index (χ3n) is 7.45. The zero-order valence-corrected chi connectivity index (χ0v) is 24.2. The van der Waals surface area contributed by atoms with E-state index in [0.717, 1.165) is 34.2 Å². The topological polar surface area (TPSA) is 97.0 Å². The maximum absolute atomic E-state index is 13.7. The van der Waals surface area contributed by atoms with E-state index in [1.807, 2.05) is 86.0 Å². The molecule has 0 spiro atoms. The molecule has 0 saturated carbocycles. The molecule has 1 aliphatic rings. The van der Waals surface area contributed by atoms with Crippen LogP contribution in [0.1, 0.15) is 53.9 Å². The average Bonchev–Trinajstić information content (AvgIpc) is 3.61. The fraction of sp³-hybridized carbons (Fsp3) is 0.250. The minimum atomic E-state index is -0.897. The van der Waals surface area contributed by atoms with Gasteiger partial charge in [0.05, 0.1) is 34.1 Å². The number of hydrogen-bond donors (Lipinski definition) is 1. The van der Waals surface area contributed by atoms with Crippen molar-refractivity contribution in [1.82, 2.24) is 14.4 Å². The molecule has 1 fully saturated rings. The second-order valence-corrected chi connectivity index (χ2v) is 11.3. The first kappa shape index (κ1) is 26.7. The van der Waals surface area contributed by atoms with E-state index in [1.165, 1.54) is 16.2 Å². The summed E-state index contributed by atoms with van der Waals surface area (Å²) in [5.41, 5.74) is 4.98. The molecule has 6 rings (SSSR count). The molecule has 0 bridgehead atoms. The zero-order valence-electron chi connectivity index (χ0n) is 23.3. The Hall–Kier alpha value is -4.50. The number of rotatable bonds is 7. The van der Waals surface area contributed by atoms with Crippen molar-refractivity contribution in [2.24, 2.45) is 0 Å². The molecule has 1 aliphatic heterocycles. The van der Waals surface area contributed by atoms with Crippen LogP contribution in [0.4, 0.5) is 5.13 Å². The molecule has 8 nitrogen and oxygen atoms in total. The molecular weight excluding hydrogens is 536 g/mol. The van der Waals surface area contributed by atoms with E-state index < -0.39 is 17.7 Å². The molecule has 5 aromatic rings. The number of carbonyl (C=O) groups is 2. The van der Waals surface area contributed by atoms with E-state index in [4.69, 9.17) is 9.72 Å². The number of Topliss-reactive ketones (excluding diaryl/α,β-unsaturated/α-hetero) is 1. The van der Waals surface area contributed by atoms with Gasteiger partial charge in [0.2, 0.25) is 0 Å². The number of imidazole rings is 1. The molecule has 1 saturated heterocycles. The van der Waals surface area contributed by atoms with E-state index in [0.29, 0.717) is 34.4 Å². The van der Waals surface area contributed by atoms with Crippen LogP contribution in [0, 0.1) is 20.8 Å². The summed E-state index contributed by atoms with van der Waals surface area (Å²) in [6.07, 6.45) is 3.82. The quantitative estimate of drug-likeness (QED) is 0.102. The Morgan fingerprint density at radius 1 is 1.05 bits per heavy atom. The number of aryl methyl sites for hydroxylation is 3. The summed E-state index contributed by atoms with van der Waals surface area (Å²) >= 11 is 1.34. The lowest BCUT2D eigenvalue weighted by atomic mass is 9.96. The van der Waals surface area contributed by atoms with Gasteiger partial charge in [0.15, 0.2) is 10.9 Å². The lowest BCUT2D eigenvalue weighted by Crippen LogP contribution is -2.29. The highest BCUT2D eigenvalue weighted by Gasteiger charge is 2.48. The van der Waals surface area contributed by atoms with E-state index in [1.54, 1.807) is 0 Å². The maximum Gasteiger partial charge on any atom is 0.301 e. The van der Waals surface area contributed by atoms with Crippen molar-refractivity contribution in [3.05, 3.63) is 94.4 Å². The van der Waals surface area contributed by atoms with Crippen molar-refractivity contribution in [3.8, 4) is 5.75 Å². The predicted molar refractivity (Wildman–Crippen MR) is 161 cm³/mol. The van der Waals surface area contributed by atoms with Gasteiger partial charge in [0.25, 0.3) is 5.78 Å². The number of thiazole rings is 1. The highest BCUT2D eigenvalue weighted by atomic mass is 32.1. The summed E-state index contributed by atoms with van der Waals surface area (Å²) in [4.78, 5) is 38.2. The number of aliphatic hydroxyl groups is 1. The zero-order chi connectivity index (χ0) is 28.8. The number of ether oxygens (including phenoxy) is 1. The molecule has 0 radical (unpaired) electrons. The monoisotopic (exact) mass is 566 g/mol. The Bertz CT molecular complexity index is 1850. The van der Waals surface area contributed by atoms with E-state index in [-0.39, 0.29) is 17.0 Å². The van der Waals surface area contributed by atoms with Gasteiger partial charge in [-0.05, 0) is 74.2 Å². The number of pyridine rings is 1. The molecule has 2 aromatic carbocycles. The maximum atomic E-state index is 13.7. The lowest BCUT2D eigenvalue weighted by Gasteiger charge is -2.23. The fourth-order valence-electron chi connectivity index (χ4n) is 5.22. The first-order valence-corrected chi connectivity index (χ1v) is 14.5. The summed E-state index contributed by atoms with van der Waals surface area (Å²) in [5, 5.41) is 12.1. The van der Waals surface area contributed by atoms with Crippen molar-refractivity contribution in [1.29, 1.82) is 0 Å². The number of ketones is 1. The van der Waals surface area contributed by atoms with Crippen LogP contribution in [0.25, 0.3) is 21.6 Å². The summed E-state index contributed by atoms with van der Waals surface area (Å²) in [6, 6.07) is 16.1. The Balaban J connectivity index is 1.52. The number of unbranched alkanes of at least 4 members (excludes halogenated alkanes) is 1. The molecule has 0 aliphatic carbocycles. The smallest absolute Gasteiger partial charge is 0.301 e. The number of fused-ring (bicyclic) bond motifs is 2. The second-order valence-electron chi connectivity index (χ2n) is 10.3. The number of benzene rings is 2. The van der Waals surface area contributed by atoms with Gasteiger partial charge in [-0.3, -0.25) is 14.5 Å². The second kappa shape index (κ2) is 10.5. The van der Waals surface area contributed by atoms with Gasteiger partial charge < -0.3 is 14.2 Å². The van der Waals surface area contributed by atoms with Crippen LogP contribution >= 0.6 is 11.3 Å². The molecule has 4 heterocycles. The minimum Gasteiger partial charge on any atom is -0.505 e. The summed E-state index contributed by atoms with van der Waals surface area (Å²) < 4.78 is 8.62. The van der Waals surface area contributed by atoms with Gasteiger partial charge in [-0.15, -0.1) is 0 Å². The van der Waals surface area contributed by atoms with Crippen LogP contribution in [0.5, 0.6) is 5.75 Å². The molecule has 1 N–H and O–H groups in total. The van der Waals surface area contributed by atoms with Gasteiger partial charge in [0.1, 0.15) is 17.1 Å². The number of anilines is 1. The van der Waals surface area contributed by atoms with Crippen molar-refractivity contribution in [3.63, 3.8) is 0 Å². The summed E-state index contributed by atoms with van der Waals surface area (Å²) in [6.45, 7) is 8.46. The van der Waals surface area contributed by atoms with Crippen molar-refractivity contribution < 1.29 is 19.4 Å².